The van der Waals surface area contributed by atoms with Crippen molar-refractivity contribution in [3.05, 3.63) is 0 Å². The summed E-state index contributed by atoms with van der Waals surface area (Å²) in [4.78, 5) is 5.16. The van der Waals surface area contributed by atoms with E-state index in [9.17, 15) is 0 Å². The summed E-state index contributed by atoms with van der Waals surface area (Å²) >= 11 is 0. The third-order valence-electron chi connectivity index (χ3n) is 5.13. The van der Waals surface area contributed by atoms with E-state index in [0.717, 1.165) is 12.1 Å². The Bertz CT molecular complexity index is 230. The summed E-state index contributed by atoms with van der Waals surface area (Å²) in [6.45, 7) is 8.48. The van der Waals surface area contributed by atoms with Gasteiger partial charge >= 0.3 is 0 Å². The number of piperidine rings is 1. The molecule has 2 fully saturated rings. The molecule has 19 heavy (non-hydrogen) atoms. The lowest BCUT2D eigenvalue weighted by Crippen LogP contribution is -2.46. The lowest BCUT2D eigenvalue weighted by molar-refractivity contribution is 0.131. The quantitative estimate of drug-likeness (QED) is 0.797. The molecule has 3 nitrogen and oxygen atoms in total. The van der Waals surface area contributed by atoms with E-state index >= 15 is 0 Å². The molecule has 112 valence electrons. The Balaban J connectivity index is 1.57. The standard InChI is InChI=1S/C16H33N3/c1-3-19-12-9-16(10-13-19)18(2)14-11-17-15-7-5-4-6-8-15/h15-17H,3-14H2,1-2H3. The van der Waals surface area contributed by atoms with E-state index in [0.29, 0.717) is 0 Å². The van der Waals surface area contributed by atoms with Gasteiger partial charge in [0.2, 0.25) is 0 Å². The molecule has 1 aliphatic heterocycles. The second kappa shape index (κ2) is 8.23. The first-order valence-electron chi connectivity index (χ1n) is 8.45. The Labute approximate surface area is 119 Å². The molecule has 1 N–H and O–H groups in total. The van der Waals surface area contributed by atoms with Gasteiger partial charge in [0, 0.05) is 25.2 Å². The molecule has 0 amide bonds. The molecule has 1 aliphatic carbocycles. The molecule has 1 heterocycles. The van der Waals surface area contributed by atoms with Gasteiger partial charge in [0.1, 0.15) is 0 Å². The van der Waals surface area contributed by atoms with Crippen LogP contribution in [0.15, 0.2) is 0 Å². The SMILES string of the molecule is CCN1CCC(N(C)CCNC2CCCCC2)CC1. The van der Waals surface area contributed by atoms with Gasteiger partial charge in [-0.2, -0.15) is 0 Å². The molecule has 0 bridgehead atoms. The molecular weight excluding hydrogens is 234 g/mol. The average molecular weight is 267 g/mol. The van der Waals surface area contributed by atoms with Crippen LogP contribution in [0.1, 0.15) is 51.9 Å². The summed E-state index contributed by atoms with van der Waals surface area (Å²) in [5, 5.41) is 3.76. The number of rotatable bonds is 6. The fourth-order valence-corrected chi connectivity index (χ4v) is 3.61. The number of likely N-dealkylation sites (N-methyl/N-ethyl adjacent to an activating group) is 1. The van der Waals surface area contributed by atoms with Gasteiger partial charge in [-0.3, -0.25) is 0 Å². The minimum absolute atomic E-state index is 0.809. The van der Waals surface area contributed by atoms with Gasteiger partial charge in [-0.1, -0.05) is 26.2 Å². The fraction of sp³-hybridized carbons (Fsp3) is 1.00. The molecule has 1 saturated carbocycles. The van der Waals surface area contributed by atoms with Crippen molar-refractivity contribution in [2.75, 3.05) is 39.8 Å². The second-order valence-corrected chi connectivity index (χ2v) is 6.44. The smallest absolute Gasteiger partial charge is 0.0117 e. The zero-order valence-corrected chi connectivity index (χ0v) is 13.0. The normalized spacial score (nSPS) is 24.2. The summed E-state index contributed by atoms with van der Waals surface area (Å²) in [5.74, 6) is 0. The van der Waals surface area contributed by atoms with E-state index in [-0.39, 0.29) is 0 Å². The van der Waals surface area contributed by atoms with E-state index in [4.69, 9.17) is 0 Å². The van der Waals surface area contributed by atoms with E-state index in [1.54, 1.807) is 0 Å². The highest BCUT2D eigenvalue weighted by atomic mass is 15.2. The number of nitrogens with zero attached hydrogens (tertiary/aromatic N) is 2. The predicted octanol–water partition coefficient (Wildman–Crippen LogP) is 2.32. The number of hydrogen-bond donors (Lipinski definition) is 1. The molecule has 0 unspecified atom stereocenters. The summed E-state index contributed by atoms with van der Waals surface area (Å²) < 4.78 is 0. The highest BCUT2D eigenvalue weighted by Gasteiger charge is 2.21. The lowest BCUT2D eigenvalue weighted by atomic mass is 9.95. The maximum Gasteiger partial charge on any atom is 0.0117 e. The van der Waals surface area contributed by atoms with Gasteiger partial charge in [0.25, 0.3) is 0 Å². The van der Waals surface area contributed by atoms with Crippen LogP contribution in [0.3, 0.4) is 0 Å². The van der Waals surface area contributed by atoms with Crippen molar-refractivity contribution in [1.82, 2.24) is 15.1 Å². The number of nitrogens with one attached hydrogen (secondary N) is 1. The Hall–Kier alpha value is -0.120. The Morgan fingerprint density at radius 2 is 1.74 bits per heavy atom. The largest absolute Gasteiger partial charge is 0.313 e. The highest BCUT2D eigenvalue weighted by Crippen LogP contribution is 2.17. The lowest BCUT2D eigenvalue weighted by Gasteiger charge is -2.36. The molecule has 1 saturated heterocycles. The number of hydrogen-bond acceptors (Lipinski definition) is 3. The molecule has 0 aromatic rings. The van der Waals surface area contributed by atoms with Crippen molar-refractivity contribution in [1.29, 1.82) is 0 Å². The molecular formula is C16H33N3. The van der Waals surface area contributed by atoms with Crippen molar-refractivity contribution in [3.8, 4) is 0 Å². The van der Waals surface area contributed by atoms with E-state index in [1.807, 2.05) is 0 Å². The van der Waals surface area contributed by atoms with Gasteiger partial charge in [-0.25, -0.2) is 0 Å². The van der Waals surface area contributed by atoms with Crippen LogP contribution in [0, 0.1) is 0 Å². The third-order valence-corrected chi connectivity index (χ3v) is 5.13. The molecule has 0 radical (unpaired) electrons. The van der Waals surface area contributed by atoms with Crippen LogP contribution in [0.2, 0.25) is 0 Å². The molecule has 0 atom stereocenters. The predicted molar refractivity (Wildman–Crippen MR) is 82.6 cm³/mol. The zero-order valence-electron chi connectivity index (χ0n) is 13.0. The van der Waals surface area contributed by atoms with Gasteiger partial charge in [0.05, 0.1) is 0 Å². The molecule has 0 aromatic heterocycles. The molecule has 0 aromatic carbocycles. The monoisotopic (exact) mass is 267 g/mol. The summed E-state index contributed by atoms with van der Waals surface area (Å²) in [6, 6.07) is 1.63. The maximum atomic E-state index is 3.76. The van der Waals surface area contributed by atoms with E-state index in [1.165, 1.54) is 77.7 Å². The third kappa shape index (κ3) is 5.05. The van der Waals surface area contributed by atoms with E-state index < -0.39 is 0 Å². The van der Waals surface area contributed by atoms with Crippen molar-refractivity contribution in [3.63, 3.8) is 0 Å². The Morgan fingerprint density at radius 3 is 2.37 bits per heavy atom. The first kappa shape index (κ1) is 15.3. The van der Waals surface area contributed by atoms with Crippen LogP contribution in [-0.2, 0) is 0 Å². The van der Waals surface area contributed by atoms with Crippen LogP contribution < -0.4 is 5.32 Å². The topological polar surface area (TPSA) is 18.5 Å². The zero-order chi connectivity index (χ0) is 13.5. The van der Waals surface area contributed by atoms with Crippen LogP contribution in [0.5, 0.6) is 0 Å². The first-order chi connectivity index (χ1) is 9.29. The minimum Gasteiger partial charge on any atom is -0.313 e. The maximum absolute atomic E-state index is 3.76. The van der Waals surface area contributed by atoms with Crippen LogP contribution >= 0.6 is 0 Å². The van der Waals surface area contributed by atoms with Crippen molar-refractivity contribution in [2.24, 2.45) is 0 Å². The van der Waals surface area contributed by atoms with Crippen LogP contribution in [0.4, 0.5) is 0 Å². The average Bonchev–Trinajstić information content (AvgIpc) is 2.48. The number of likely N-dealkylation sites (tertiary alicyclic amines) is 1. The van der Waals surface area contributed by atoms with Crippen molar-refractivity contribution in [2.45, 2.75) is 64.0 Å². The Morgan fingerprint density at radius 1 is 1.05 bits per heavy atom. The second-order valence-electron chi connectivity index (χ2n) is 6.44. The first-order valence-corrected chi connectivity index (χ1v) is 8.45. The summed E-state index contributed by atoms with van der Waals surface area (Å²) in [5.41, 5.74) is 0. The minimum atomic E-state index is 0.809. The van der Waals surface area contributed by atoms with Gasteiger partial charge < -0.3 is 15.1 Å². The van der Waals surface area contributed by atoms with Crippen LogP contribution in [0.25, 0.3) is 0 Å². The van der Waals surface area contributed by atoms with Gasteiger partial charge in [-0.05, 0) is 52.4 Å². The van der Waals surface area contributed by atoms with E-state index in [2.05, 4.69) is 29.1 Å². The van der Waals surface area contributed by atoms with Crippen LogP contribution in [-0.4, -0.2) is 61.7 Å². The fourth-order valence-electron chi connectivity index (χ4n) is 3.61. The molecule has 3 heteroatoms. The summed E-state index contributed by atoms with van der Waals surface area (Å²) in [6.07, 6.45) is 9.83. The molecule has 2 rings (SSSR count). The molecule has 0 spiro atoms. The van der Waals surface area contributed by atoms with Gasteiger partial charge in [0.15, 0.2) is 0 Å². The van der Waals surface area contributed by atoms with Crippen molar-refractivity contribution < 1.29 is 0 Å². The van der Waals surface area contributed by atoms with Crippen molar-refractivity contribution >= 4 is 0 Å². The molecule has 2 aliphatic rings. The Kier molecular flexibility index (Phi) is 6.62. The summed E-state index contributed by atoms with van der Waals surface area (Å²) in [7, 11) is 2.31. The highest BCUT2D eigenvalue weighted by molar-refractivity contribution is 4.79. The van der Waals surface area contributed by atoms with Gasteiger partial charge in [-0.15, -0.1) is 0 Å².